The standard InChI is InChI=1S/C9H11NO2/c1-7-2-4-8(5-3-7)6-9(11)10-12/h2-5,12H,6H2,1H3,(H,10,11). The fourth-order valence-corrected chi connectivity index (χ4v) is 0.931. The Labute approximate surface area is 71.0 Å². The molecular weight excluding hydrogens is 154 g/mol. The molecule has 0 heterocycles. The second-order valence-corrected chi connectivity index (χ2v) is 2.70. The molecule has 0 fully saturated rings. The van der Waals surface area contributed by atoms with Crippen LogP contribution in [0, 0.1) is 6.92 Å². The van der Waals surface area contributed by atoms with Crippen molar-refractivity contribution in [3.63, 3.8) is 0 Å². The fourth-order valence-electron chi connectivity index (χ4n) is 0.931. The van der Waals surface area contributed by atoms with Gasteiger partial charge in [0.25, 0.3) is 0 Å². The third-order valence-corrected chi connectivity index (χ3v) is 1.61. The number of carbonyl (C=O) groups is 1. The summed E-state index contributed by atoms with van der Waals surface area (Å²) in [5, 5.41) is 8.25. The number of carbonyl (C=O) groups excluding carboxylic acids is 1. The molecule has 0 spiro atoms. The summed E-state index contributed by atoms with van der Waals surface area (Å²) in [6.45, 7) is 1.98. The highest BCUT2D eigenvalue weighted by atomic mass is 16.5. The molecule has 0 saturated carbocycles. The van der Waals surface area contributed by atoms with E-state index in [1.165, 1.54) is 0 Å². The van der Waals surface area contributed by atoms with Gasteiger partial charge in [0.2, 0.25) is 5.91 Å². The van der Waals surface area contributed by atoms with Crippen molar-refractivity contribution in [3.8, 4) is 0 Å². The Morgan fingerprint density at radius 3 is 2.50 bits per heavy atom. The predicted molar refractivity (Wildman–Crippen MR) is 44.8 cm³/mol. The Bertz CT molecular complexity index is 266. The van der Waals surface area contributed by atoms with Crippen molar-refractivity contribution in [2.75, 3.05) is 0 Å². The number of hydrogen-bond donors (Lipinski definition) is 2. The van der Waals surface area contributed by atoms with Crippen molar-refractivity contribution >= 4 is 5.91 Å². The minimum Gasteiger partial charge on any atom is -0.289 e. The molecule has 0 aliphatic rings. The topological polar surface area (TPSA) is 49.3 Å². The van der Waals surface area contributed by atoms with E-state index in [2.05, 4.69) is 0 Å². The highest BCUT2D eigenvalue weighted by molar-refractivity contribution is 5.77. The van der Waals surface area contributed by atoms with Gasteiger partial charge in [-0.15, -0.1) is 0 Å². The van der Waals surface area contributed by atoms with Crippen LogP contribution in [0.5, 0.6) is 0 Å². The average molecular weight is 165 g/mol. The van der Waals surface area contributed by atoms with Crippen LogP contribution in [0.2, 0.25) is 0 Å². The van der Waals surface area contributed by atoms with Crippen LogP contribution >= 0.6 is 0 Å². The number of amides is 1. The van der Waals surface area contributed by atoms with E-state index in [0.717, 1.165) is 11.1 Å². The molecule has 3 nitrogen and oxygen atoms in total. The zero-order valence-corrected chi connectivity index (χ0v) is 6.87. The Kier molecular flexibility index (Phi) is 2.82. The van der Waals surface area contributed by atoms with Gasteiger partial charge in [0.05, 0.1) is 6.42 Å². The number of benzene rings is 1. The van der Waals surface area contributed by atoms with Crippen LogP contribution in [-0.2, 0) is 11.2 Å². The first-order chi connectivity index (χ1) is 5.72. The molecule has 0 aliphatic heterocycles. The van der Waals surface area contributed by atoms with Crippen molar-refractivity contribution in [3.05, 3.63) is 35.4 Å². The normalized spacial score (nSPS) is 9.50. The van der Waals surface area contributed by atoms with Crippen LogP contribution in [0.4, 0.5) is 0 Å². The third-order valence-electron chi connectivity index (χ3n) is 1.61. The van der Waals surface area contributed by atoms with Gasteiger partial charge in [-0.05, 0) is 12.5 Å². The number of aryl methyl sites for hydroxylation is 1. The summed E-state index contributed by atoms with van der Waals surface area (Å²) in [5.74, 6) is -0.390. The molecule has 12 heavy (non-hydrogen) atoms. The molecule has 0 unspecified atom stereocenters. The van der Waals surface area contributed by atoms with E-state index in [1.54, 1.807) is 5.48 Å². The lowest BCUT2D eigenvalue weighted by Gasteiger charge is -1.99. The van der Waals surface area contributed by atoms with Crippen LogP contribution in [0.3, 0.4) is 0 Å². The number of hydrogen-bond acceptors (Lipinski definition) is 2. The first-order valence-corrected chi connectivity index (χ1v) is 3.71. The minimum atomic E-state index is -0.390. The maximum atomic E-state index is 10.7. The lowest BCUT2D eigenvalue weighted by molar-refractivity contribution is -0.128. The van der Waals surface area contributed by atoms with Crippen LogP contribution in [0.15, 0.2) is 24.3 Å². The summed E-state index contributed by atoms with van der Waals surface area (Å²) in [5.41, 5.74) is 3.64. The molecule has 0 saturated heterocycles. The maximum Gasteiger partial charge on any atom is 0.247 e. The summed E-state index contributed by atoms with van der Waals surface area (Å²) in [6.07, 6.45) is 0.219. The monoisotopic (exact) mass is 165 g/mol. The first kappa shape index (κ1) is 8.74. The fraction of sp³-hybridized carbons (Fsp3) is 0.222. The Balaban J connectivity index is 2.64. The number of hydroxylamine groups is 1. The quantitative estimate of drug-likeness (QED) is 0.508. The molecular formula is C9H11NO2. The second kappa shape index (κ2) is 3.88. The molecule has 1 aromatic rings. The van der Waals surface area contributed by atoms with E-state index in [1.807, 2.05) is 31.2 Å². The Morgan fingerprint density at radius 2 is 2.00 bits per heavy atom. The smallest absolute Gasteiger partial charge is 0.247 e. The van der Waals surface area contributed by atoms with Crippen LogP contribution in [-0.4, -0.2) is 11.1 Å². The molecule has 2 N–H and O–H groups in total. The van der Waals surface area contributed by atoms with Crippen molar-refractivity contribution < 1.29 is 10.0 Å². The molecule has 0 aliphatic carbocycles. The van der Waals surface area contributed by atoms with Crippen molar-refractivity contribution in [2.45, 2.75) is 13.3 Å². The predicted octanol–water partition coefficient (Wildman–Crippen LogP) is 1.04. The molecule has 0 radical (unpaired) electrons. The summed E-state index contributed by atoms with van der Waals surface area (Å²) in [7, 11) is 0. The second-order valence-electron chi connectivity index (χ2n) is 2.70. The molecule has 3 heteroatoms. The van der Waals surface area contributed by atoms with Crippen LogP contribution in [0.1, 0.15) is 11.1 Å². The summed E-state index contributed by atoms with van der Waals surface area (Å²) >= 11 is 0. The number of rotatable bonds is 2. The van der Waals surface area contributed by atoms with Gasteiger partial charge in [0.1, 0.15) is 0 Å². The molecule has 0 atom stereocenters. The largest absolute Gasteiger partial charge is 0.289 e. The molecule has 1 amide bonds. The van der Waals surface area contributed by atoms with Crippen molar-refractivity contribution in [1.82, 2.24) is 5.48 Å². The van der Waals surface area contributed by atoms with Crippen LogP contribution in [0.25, 0.3) is 0 Å². The number of nitrogens with one attached hydrogen (secondary N) is 1. The van der Waals surface area contributed by atoms with Gasteiger partial charge in [-0.2, -0.15) is 0 Å². The molecule has 1 aromatic carbocycles. The zero-order valence-electron chi connectivity index (χ0n) is 6.87. The van der Waals surface area contributed by atoms with Gasteiger partial charge in [-0.1, -0.05) is 29.8 Å². The van der Waals surface area contributed by atoms with Crippen molar-refractivity contribution in [1.29, 1.82) is 0 Å². The third kappa shape index (κ3) is 2.36. The maximum absolute atomic E-state index is 10.7. The van der Waals surface area contributed by atoms with E-state index in [9.17, 15) is 4.79 Å². The van der Waals surface area contributed by atoms with Crippen molar-refractivity contribution in [2.24, 2.45) is 0 Å². The highest BCUT2D eigenvalue weighted by Crippen LogP contribution is 2.03. The van der Waals surface area contributed by atoms with Crippen LogP contribution < -0.4 is 5.48 Å². The van der Waals surface area contributed by atoms with E-state index in [0.29, 0.717) is 0 Å². The average Bonchev–Trinajstić information content (AvgIpc) is 2.09. The zero-order chi connectivity index (χ0) is 8.97. The lowest BCUT2D eigenvalue weighted by Crippen LogP contribution is -2.20. The first-order valence-electron chi connectivity index (χ1n) is 3.71. The molecule has 1 rings (SSSR count). The van der Waals surface area contributed by atoms with Gasteiger partial charge in [-0.3, -0.25) is 10.0 Å². The summed E-state index contributed by atoms with van der Waals surface area (Å²) in [4.78, 5) is 10.7. The molecule has 64 valence electrons. The Hall–Kier alpha value is -1.35. The van der Waals surface area contributed by atoms with E-state index >= 15 is 0 Å². The lowest BCUT2D eigenvalue weighted by atomic mass is 10.1. The minimum absolute atomic E-state index is 0.219. The van der Waals surface area contributed by atoms with Gasteiger partial charge in [0.15, 0.2) is 0 Å². The molecule has 0 aromatic heterocycles. The summed E-state index contributed by atoms with van der Waals surface area (Å²) < 4.78 is 0. The van der Waals surface area contributed by atoms with E-state index < -0.39 is 0 Å². The van der Waals surface area contributed by atoms with Gasteiger partial charge >= 0.3 is 0 Å². The van der Waals surface area contributed by atoms with E-state index in [4.69, 9.17) is 5.21 Å². The summed E-state index contributed by atoms with van der Waals surface area (Å²) in [6, 6.07) is 7.59. The highest BCUT2D eigenvalue weighted by Gasteiger charge is 1.99. The van der Waals surface area contributed by atoms with Gasteiger partial charge in [0, 0.05) is 0 Å². The van der Waals surface area contributed by atoms with E-state index in [-0.39, 0.29) is 12.3 Å². The van der Waals surface area contributed by atoms with Gasteiger partial charge < -0.3 is 0 Å². The molecule has 0 bridgehead atoms. The Morgan fingerprint density at radius 1 is 1.42 bits per heavy atom. The SMILES string of the molecule is Cc1ccc(CC(=O)NO)cc1. The van der Waals surface area contributed by atoms with Gasteiger partial charge in [-0.25, -0.2) is 5.48 Å².